The number of hydrogen-bond donors (Lipinski definition) is 1. The van der Waals surface area contributed by atoms with Crippen molar-refractivity contribution in [3.63, 3.8) is 0 Å². The molecule has 1 N–H and O–H groups in total. The summed E-state index contributed by atoms with van der Waals surface area (Å²) >= 11 is 0. The van der Waals surface area contributed by atoms with Gasteiger partial charge in [0.2, 0.25) is 12.2 Å². The summed E-state index contributed by atoms with van der Waals surface area (Å²) in [5, 5.41) is 11.3. The van der Waals surface area contributed by atoms with Crippen molar-refractivity contribution in [3.8, 4) is 0 Å². The highest BCUT2D eigenvalue weighted by Gasteiger charge is 2.11. The van der Waals surface area contributed by atoms with Crippen molar-refractivity contribution in [1.82, 2.24) is 0 Å². The van der Waals surface area contributed by atoms with Gasteiger partial charge in [-0.3, -0.25) is 4.79 Å². The lowest BCUT2D eigenvalue weighted by Gasteiger charge is -1.97. The Bertz CT molecular complexity index is 353. The lowest BCUT2D eigenvalue weighted by molar-refractivity contribution is -0.685. The third kappa shape index (κ3) is 4.20. The smallest absolute Gasteiger partial charge is 0.227 e. The van der Waals surface area contributed by atoms with Crippen LogP contribution in [0, 0.1) is 0 Å². The van der Waals surface area contributed by atoms with Gasteiger partial charge in [-0.25, -0.2) is 0 Å². The van der Waals surface area contributed by atoms with Crippen molar-refractivity contribution < 1.29 is 31.6 Å². The molecule has 0 spiro atoms. The fourth-order valence-corrected chi connectivity index (χ4v) is 1.11. The number of carbonyl (C=O) groups is 1. The van der Waals surface area contributed by atoms with E-state index in [4.69, 9.17) is 5.21 Å². The summed E-state index contributed by atoms with van der Waals surface area (Å²) in [6, 6.07) is 5.43. The van der Waals surface area contributed by atoms with Crippen LogP contribution >= 0.6 is 0 Å². The van der Waals surface area contributed by atoms with E-state index in [1.54, 1.807) is 16.8 Å². The molecule has 1 heterocycles. The number of halogens is 1. The van der Waals surface area contributed by atoms with Crippen LogP contribution in [0.3, 0.4) is 0 Å². The quantitative estimate of drug-likeness (QED) is 0.292. The predicted octanol–water partition coefficient (Wildman–Crippen LogP) is -2.23. The van der Waals surface area contributed by atoms with E-state index in [9.17, 15) is 4.79 Å². The molecular weight excluding hydrogens is 260 g/mol. The molecule has 0 unspecified atom stereocenters. The maximum atomic E-state index is 11.2. The zero-order valence-electron chi connectivity index (χ0n) is 8.43. The zero-order chi connectivity index (χ0) is 10.4. The maximum absolute atomic E-state index is 11.2. The van der Waals surface area contributed by atoms with Crippen molar-refractivity contribution in [2.24, 2.45) is 5.16 Å². The van der Waals surface area contributed by atoms with Crippen LogP contribution in [0.5, 0.6) is 0 Å². The van der Waals surface area contributed by atoms with E-state index >= 15 is 0 Å². The highest BCUT2D eigenvalue weighted by Crippen LogP contribution is 1.89. The normalized spacial score (nSPS) is 9.93. The Morgan fingerprint density at radius 1 is 1.60 bits per heavy atom. The van der Waals surface area contributed by atoms with Gasteiger partial charge in [0.15, 0.2) is 12.0 Å². The van der Waals surface area contributed by atoms with Crippen molar-refractivity contribution >= 4 is 12.0 Å². The Kier molecular flexibility index (Phi) is 6.53. The van der Waals surface area contributed by atoms with Gasteiger partial charge in [-0.2, -0.15) is 4.57 Å². The molecule has 0 saturated carbocycles. The van der Waals surface area contributed by atoms with Gasteiger partial charge in [-0.05, 0) is 6.07 Å². The highest BCUT2D eigenvalue weighted by molar-refractivity contribution is 5.77. The molecule has 5 heteroatoms. The molecule has 82 valence electrons. The Morgan fingerprint density at radius 3 is 2.93 bits per heavy atom. The summed E-state index contributed by atoms with van der Waals surface area (Å²) in [4.78, 5) is 11.2. The van der Waals surface area contributed by atoms with Crippen molar-refractivity contribution in [2.45, 2.75) is 19.9 Å². The van der Waals surface area contributed by atoms with Gasteiger partial charge in [0.1, 0.15) is 6.21 Å². The Morgan fingerprint density at radius 2 is 2.33 bits per heavy atom. The number of oxime groups is 1. The summed E-state index contributed by atoms with van der Waals surface area (Å²) in [5.74, 6) is 0.147. The molecule has 0 saturated heterocycles. The molecule has 0 aliphatic heterocycles. The summed E-state index contributed by atoms with van der Waals surface area (Å²) in [5.41, 5.74) is 0.705. The first-order valence-electron chi connectivity index (χ1n) is 4.45. The molecule has 0 radical (unpaired) electrons. The topological polar surface area (TPSA) is 53.5 Å². The summed E-state index contributed by atoms with van der Waals surface area (Å²) < 4.78 is 1.74. The number of ketones is 1. The second kappa shape index (κ2) is 7.11. The van der Waals surface area contributed by atoms with Gasteiger partial charge in [0.25, 0.3) is 0 Å². The lowest BCUT2D eigenvalue weighted by atomic mass is 10.3. The second-order valence-electron chi connectivity index (χ2n) is 2.89. The fraction of sp³-hybridized carbons (Fsp3) is 0.300. The number of rotatable bonds is 4. The minimum atomic E-state index is 0. The molecule has 0 fully saturated rings. The Balaban J connectivity index is 0.00000196. The molecule has 1 rings (SSSR count). The summed E-state index contributed by atoms with van der Waals surface area (Å²) in [6.45, 7) is 2.14. The molecule has 0 atom stereocenters. The Hall–Kier alpha value is -1.23. The molecule has 0 aliphatic carbocycles. The van der Waals surface area contributed by atoms with Crippen LogP contribution in [0.15, 0.2) is 29.6 Å². The van der Waals surface area contributed by atoms with Crippen LogP contribution in [-0.2, 0) is 11.3 Å². The van der Waals surface area contributed by atoms with Gasteiger partial charge < -0.3 is 22.2 Å². The van der Waals surface area contributed by atoms with Crippen LogP contribution in [0.25, 0.3) is 0 Å². The van der Waals surface area contributed by atoms with E-state index in [1.165, 1.54) is 6.21 Å². The van der Waals surface area contributed by atoms with E-state index in [0.717, 1.165) is 0 Å². The number of carbonyl (C=O) groups excluding carboxylic acids is 1. The molecule has 4 nitrogen and oxygen atoms in total. The van der Waals surface area contributed by atoms with Crippen LogP contribution in [0.2, 0.25) is 0 Å². The van der Waals surface area contributed by atoms with E-state index < -0.39 is 0 Å². The van der Waals surface area contributed by atoms with E-state index in [2.05, 4.69) is 5.16 Å². The van der Waals surface area contributed by atoms with Gasteiger partial charge in [0.05, 0.1) is 0 Å². The van der Waals surface area contributed by atoms with Crippen molar-refractivity contribution in [1.29, 1.82) is 0 Å². The molecule has 0 bridgehead atoms. The van der Waals surface area contributed by atoms with Crippen LogP contribution in [0.4, 0.5) is 0 Å². The molecule has 15 heavy (non-hydrogen) atoms. The van der Waals surface area contributed by atoms with E-state index in [0.29, 0.717) is 18.7 Å². The van der Waals surface area contributed by atoms with Crippen LogP contribution in [0.1, 0.15) is 19.0 Å². The number of pyridine rings is 1. The number of Topliss-reactive ketones (excluding diaryl/α,β-unsaturated/α-hetero) is 1. The SMILES string of the molecule is CCC(=O)C[n+]1ccccc1C=NO.[Br-]. The standard InChI is InChI=1S/C10H12N2O2.BrH/c1-2-10(13)8-12-6-4-3-5-9(12)7-11-14;/h3-7H,2,8H2,1H3;1H. The average Bonchev–Trinajstić information content (AvgIpc) is 2.21. The van der Waals surface area contributed by atoms with E-state index in [1.807, 2.05) is 19.1 Å². The number of hydrogen-bond acceptors (Lipinski definition) is 3. The largest absolute Gasteiger partial charge is 1.00 e. The van der Waals surface area contributed by atoms with Gasteiger partial charge in [0, 0.05) is 18.6 Å². The molecular formula is C10H13BrN2O2. The summed E-state index contributed by atoms with van der Waals surface area (Å²) in [6.07, 6.45) is 3.60. The zero-order valence-corrected chi connectivity index (χ0v) is 10.0. The van der Waals surface area contributed by atoms with Gasteiger partial charge in [-0.15, -0.1) is 0 Å². The van der Waals surface area contributed by atoms with Crippen LogP contribution < -0.4 is 21.5 Å². The maximum Gasteiger partial charge on any atom is 0.227 e. The lowest BCUT2D eigenvalue weighted by Crippen LogP contribution is -3.00. The molecule has 1 aromatic rings. The highest BCUT2D eigenvalue weighted by atomic mass is 79.9. The minimum Gasteiger partial charge on any atom is -1.00 e. The third-order valence-corrected chi connectivity index (χ3v) is 1.91. The predicted molar refractivity (Wildman–Crippen MR) is 51.3 cm³/mol. The molecule has 0 aliphatic rings. The molecule has 0 aromatic carbocycles. The van der Waals surface area contributed by atoms with Crippen molar-refractivity contribution in [3.05, 3.63) is 30.1 Å². The first kappa shape index (κ1) is 13.8. The minimum absolute atomic E-state index is 0. The van der Waals surface area contributed by atoms with Crippen LogP contribution in [-0.4, -0.2) is 17.2 Å². The molecule has 1 aromatic heterocycles. The Labute approximate surface area is 99.0 Å². The third-order valence-electron chi connectivity index (χ3n) is 1.91. The first-order valence-corrected chi connectivity index (χ1v) is 4.45. The second-order valence-corrected chi connectivity index (χ2v) is 2.89. The summed E-state index contributed by atoms with van der Waals surface area (Å²) in [7, 11) is 0. The van der Waals surface area contributed by atoms with Gasteiger partial charge >= 0.3 is 0 Å². The van der Waals surface area contributed by atoms with E-state index in [-0.39, 0.29) is 22.8 Å². The van der Waals surface area contributed by atoms with Gasteiger partial charge in [-0.1, -0.05) is 12.1 Å². The molecule has 0 amide bonds. The average molecular weight is 273 g/mol. The number of nitrogens with zero attached hydrogens (tertiary/aromatic N) is 2. The number of aromatic nitrogens is 1. The van der Waals surface area contributed by atoms with Crippen molar-refractivity contribution in [2.75, 3.05) is 0 Å². The fourth-order valence-electron chi connectivity index (χ4n) is 1.11. The monoisotopic (exact) mass is 272 g/mol. The first-order chi connectivity index (χ1) is 6.77.